The van der Waals surface area contributed by atoms with Crippen LogP contribution in [-0.2, 0) is 0 Å². The van der Waals surface area contributed by atoms with Crippen LogP contribution in [0, 0.1) is 5.92 Å². The number of nitrogens with one attached hydrogen (secondary N) is 1. The van der Waals surface area contributed by atoms with Crippen LogP contribution in [0.5, 0.6) is 0 Å². The van der Waals surface area contributed by atoms with Crippen molar-refractivity contribution in [2.24, 2.45) is 11.7 Å². The molecule has 1 rings (SSSR count). The zero-order valence-electron chi connectivity index (χ0n) is 7.47. The van der Waals surface area contributed by atoms with Crippen LogP contribution in [0.4, 0.5) is 0 Å². The van der Waals surface area contributed by atoms with Crippen LogP contribution in [0.3, 0.4) is 0 Å². The molecule has 1 saturated heterocycles. The molecule has 0 spiro atoms. The van der Waals surface area contributed by atoms with E-state index >= 15 is 0 Å². The first kappa shape index (κ1) is 9.01. The summed E-state index contributed by atoms with van der Waals surface area (Å²) in [6.07, 6.45) is 5.26. The van der Waals surface area contributed by atoms with Crippen molar-refractivity contribution in [3.63, 3.8) is 0 Å². The van der Waals surface area contributed by atoms with E-state index in [4.69, 9.17) is 5.73 Å². The van der Waals surface area contributed by atoms with Gasteiger partial charge in [0.25, 0.3) is 0 Å². The first-order valence-electron chi connectivity index (χ1n) is 4.81. The summed E-state index contributed by atoms with van der Waals surface area (Å²) in [6, 6.07) is 0.412. The van der Waals surface area contributed by atoms with E-state index < -0.39 is 0 Å². The molecule has 1 heterocycles. The number of rotatable bonds is 3. The number of piperidine rings is 1. The quantitative estimate of drug-likeness (QED) is 0.642. The van der Waals surface area contributed by atoms with E-state index in [0.29, 0.717) is 6.04 Å². The highest BCUT2D eigenvalue weighted by atomic mass is 14.9. The van der Waals surface area contributed by atoms with Crippen molar-refractivity contribution >= 4 is 0 Å². The van der Waals surface area contributed by atoms with E-state index in [1.54, 1.807) is 0 Å². The Labute approximate surface area is 69.5 Å². The molecule has 66 valence electrons. The largest absolute Gasteiger partial charge is 0.326 e. The van der Waals surface area contributed by atoms with Crippen molar-refractivity contribution in [2.75, 3.05) is 13.1 Å². The molecular weight excluding hydrogens is 136 g/mol. The summed E-state index contributed by atoms with van der Waals surface area (Å²) >= 11 is 0. The van der Waals surface area contributed by atoms with Gasteiger partial charge in [0.2, 0.25) is 0 Å². The number of nitrogens with two attached hydrogens (primary N) is 1. The maximum absolute atomic E-state index is 5.96. The summed E-state index contributed by atoms with van der Waals surface area (Å²) in [4.78, 5) is 0. The average molecular weight is 156 g/mol. The minimum Gasteiger partial charge on any atom is -0.326 e. The first-order chi connectivity index (χ1) is 5.34. The number of hydrogen-bond donors (Lipinski definition) is 2. The Hall–Kier alpha value is -0.0800. The van der Waals surface area contributed by atoms with Gasteiger partial charge in [0.1, 0.15) is 0 Å². The van der Waals surface area contributed by atoms with Crippen molar-refractivity contribution < 1.29 is 0 Å². The highest BCUT2D eigenvalue weighted by Gasteiger charge is 2.20. The van der Waals surface area contributed by atoms with Crippen LogP contribution in [0.25, 0.3) is 0 Å². The Morgan fingerprint density at radius 1 is 1.55 bits per heavy atom. The summed E-state index contributed by atoms with van der Waals surface area (Å²) < 4.78 is 0. The fraction of sp³-hybridized carbons (Fsp3) is 1.00. The molecule has 0 radical (unpaired) electrons. The van der Waals surface area contributed by atoms with E-state index in [9.17, 15) is 0 Å². The van der Waals surface area contributed by atoms with Crippen molar-refractivity contribution in [2.45, 2.75) is 38.6 Å². The van der Waals surface area contributed by atoms with Crippen LogP contribution in [0.2, 0.25) is 0 Å². The summed E-state index contributed by atoms with van der Waals surface area (Å²) in [7, 11) is 0. The molecule has 0 aromatic heterocycles. The van der Waals surface area contributed by atoms with E-state index in [2.05, 4.69) is 12.2 Å². The van der Waals surface area contributed by atoms with Gasteiger partial charge in [-0.25, -0.2) is 0 Å². The molecule has 2 atom stereocenters. The van der Waals surface area contributed by atoms with Gasteiger partial charge >= 0.3 is 0 Å². The maximum atomic E-state index is 5.96. The van der Waals surface area contributed by atoms with Crippen LogP contribution >= 0.6 is 0 Å². The molecule has 1 aliphatic heterocycles. The van der Waals surface area contributed by atoms with Gasteiger partial charge < -0.3 is 11.1 Å². The Balaban J connectivity index is 2.18. The molecule has 0 saturated carbocycles. The lowest BCUT2D eigenvalue weighted by Gasteiger charge is -2.29. The monoisotopic (exact) mass is 156 g/mol. The summed E-state index contributed by atoms with van der Waals surface area (Å²) in [5.41, 5.74) is 5.96. The molecule has 2 heteroatoms. The van der Waals surface area contributed by atoms with Crippen LogP contribution in [-0.4, -0.2) is 19.1 Å². The van der Waals surface area contributed by atoms with E-state index in [-0.39, 0.29) is 0 Å². The molecule has 3 N–H and O–H groups in total. The standard InChI is InChI=1S/C9H20N2/c1-2-3-4-8-5-6-11-7-9(8)10/h8-9,11H,2-7,10H2,1H3/t8-,9-/m1/s1. The lowest BCUT2D eigenvalue weighted by Crippen LogP contribution is -2.45. The minimum absolute atomic E-state index is 0.412. The Morgan fingerprint density at radius 2 is 2.36 bits per heavy atom. The van der Waals surface area contributed by atoms with Crippen molar-refractivity contribution in [1.29, 1.82) is 0 Å². The zero-order valence-corrected chi connectivity index (χ0v) is 7.47. The number of hydrogen-bond acceptors (Lipinski definition) is 2. The lowest BCUT2D eigenvalue weighted by atomic mass is 9.89. The zero-order chi connectivity index (χ0) is 8.10. The average Bonchev–Trinajstić information content (AvgIpc) is 2.03. The van der Waals surface area contributed by atoms with Gasteiger partial charge in [-0.15, -0.1) is 0 Å². The second-order valence-electron chi connectivity index (χ2n) is 3.56. The third-order valence-corrected chi connectivity index (χ3v) is 2.61. The summed E-state index contributed by atoms with van der Waals surface area (Å²) in [6.45, 7) is 4.43. The predicted octanol–water partition coefficient (Wildman–Crippen LogP) is 1.11. The maximum Gasteiger partial charge on any atom is 0.0194 e. The van der Waals surface area contributed by atoms with Gasteiger partial charge in [-0.05, 0) is 25.3 Å². The SMILES string of the molecule is CCCC[C@@H]1CCNC[C@H]1N. The van der Waals surface area contributed by atoms with Crippen molar-refractivity contribution in [3.8, 4) is 0 Å². The minimum atomic E-state index is 0.412. The molecule has 0 amide bonds. The Bertz CT molecular complexity index is 104. The van der Waals surface area contributed by atoms with Crippen molar-refractivity contribution in [1.82, 2.24) is 5.32 Å². The predicted molar refractivity (Wildman–Crippen MR) is 48.5 cm³/mol. The molecule has 1 aliphatic rings. The molecule has 2 nitrogen and oxygen atoms in total. The van der Waals surface area contributed by atoms with Gasteiger partial charge in [0.05, 0.1) is 0 Å². The van der Waals surface area contributed by atoms with Gasteiger partial charge in [-0.1, -0.05) is 19.8 Å². The Kier molecular flexibility index (Phi) is 3.87. The summed E-state index contributed by atoms with van der Waals surface area (Å²) in [5, 5.41) is 3.32. The van der Waals surface area contributed by atoms with Gasteiger partial charge in [0, 0.05) is 12.6 Å². The molecule has 0 aliphatic carbocycles. The smallest absolute Gasteiger partial charge is 0.0194 e. The van der Waals surface area contributed by atoms with E-state index in [1.165, 1.54) is 32.2 Å². The molecule has 0 unspecified atom stereocenters. The van der Waals surface area contributed by atoms with Gasteiger partial charge in [-0.3, -0.25) is 0 Å². The third kappa shape index (κ3) is 2.80. The molecule has 11 heavy (non-hydrogen) atoms. The highest BCUT2D eigenvalue weighted by molar-refractivity contribution is 4.80. The second-order valence-corrected chi connectivity index (χ2v) is 3.56. The van der Waals surface area contributed by atoms with E-state index in [1.807, 2.05) is 0 Å². The first-order valence-corrected chi connectivity index (χ1v) is 4.81. The fourth-order valence-corrected chi connectivity index (χ4v) is 1.76. The van der Waals surface area contributed by atoms with E-state index in [0.717, 1.165) is 12.5 Å². The molecule has 0 aromatic rings. The highest BCUT2D eigenvalue weighted by Crippen LogP contribution is 2.17. The lowest BCUT2D eigenvalue weighted by molar-refractivity contribution is 0.301. The molecule has 0 bridgehead atoms. The summed E-state index contributed by atoms with van der Waals surface area (Å²) in [5.74, 6) is 0.788. The van der Waals surface area contributed by atoms with Crippen LogP contribution in [0.15, 0.2) is 0 Å². The topological polar surface area (TPSA) is 38.0 Å². The third-order valence-electron chi connectivity index (χ3n) is 2.61. The molecule has 1 fully saturated rings. The van der Waals surface area contributed by atoms with Gasteiger partial charge in [-0.2, -0.15) is 0 Å². The van der Waals surface area contributed by atoms with Crippen LogP contribution in [0.1, 0.15) is 32.6 Å². The van der Waals surface area contributed by atoms with Crippen LogP contribution < -0.4 is 11.1 Å². The number of unbranched alkanes of at least 4 members (excludes halogenated alkanes) is 1. The fourth-order valence-electron chi connectivity index (χ4n) is 1.76. The Morgan fingerprint density at radius 3 is 3.00 bits per heavy atom. The second kappa shape index (κ2) is 4.73. The molecule has 0 aromatic carbocycles. The van der Waals surface area contributed by atoms with Crippen molar-refractivity contribution in [3.05, 3.63) is 0 Å². The molecular formula is C9H20N2. The normalized spacial score (nSPS) is 32.2. The van der Waals surface area contributed by atoms with Gasteiger partial charge in [0.15, 0.2) is 0 Å².